The fraction of sp³-hybridized carbons (Fsp3) is 0.923. The van der Waals surface area contributed by atoms with Crippen LogP contribution in [0.25, 0.3) is 0 Å². The minimum atomic E-state index is 0.398. The SMILES string of the molecule is CCSCCCN1C(=O)CCC2CNCCC21. The van der Waals surface area contributed by atoms with Crippen molar-refractivity contribution in [1.82, 2.24) is 10.2 Å². The number of carbonyl (C=O) groups excluding carboxylic acids is 1. The van der Waals surface area contributed by atoms with Crippen molar-refractivity contribution in [2.75, 3.05) is 31.1 Å². The lowest BCUT2D eigenvalue weighted by Gasteiger charge is -2.44. The molecule has 2 unspecified atom stereocenters. The lowest BCUT2D eigenvalue weighted by molar-refractivity contribution is -0.139. The lowest BCUT2D eigenvalue weighted by Crippen LogP contribution is -2.55. The molecule has 0 aromatic rings. The maximum absolute atomic E-state index is 12.0. The number of amides is 1. The van der Waals surface area contributed by atoms with Crippen molar-refractivity contribution in [2.24, 2.45) is 5.92 Å². The van der Waals surface area contributed by atoms with Gasteiger partial charge < -0.3 is 10.2 Å². The first-order chi connectivity index (χ1) is 8.33. The molecule has 3 nitrogen and oxygen atoms in total. The van der Waals surface area contributed by atoms with E-state index in [1.807, 2.05) is 11.8 Å². The van der Waals surface area contributed by atoms with Crippen molar-refractivity contribution < 1.29 is 4.79 Å². The Hall–Kier alpha value is -0.220. The van der Waals surface area contributed by atoms with Crippen molar-refractivity contribution in [3.05, 3.63) is 0 Å². The molecule has 2 heterocycles. The monoisotopic (exact) mass is 256 g/mol. The zero-order chi connectivity index (χ0) is 12.1. The quantitative estimate of drug-likeness (QED) is 0.760. The van der Waals surface area contributed by atoms with Crippen LogP contribution >= 0.6 is 11.8 Å². The lowest BCUT2D eigenvalue weighted by atomic mass is 9.84. The maximum Gasteiger partial charge on any atom is 0.222 e. The van der Waals surface area contributed by atoms with Crippen molar-refractivity contribution in [3.63, 3.8) is 0 Å². The van der Waals surface area contributed by atoms with Crippen LogP contribution in [0.3, 0.4) is 0 Å². The van der Waals surface area contributed by atoms with Crippen molar-refractivity contribution in [3.8, 4) is 0 Å². The van der Waals surface area contributed by atoms with E-state index in [1.54, 1.807) is 0 Å². The second-order valence-corrected chi connectivity index (χ2v) is 6.39. The molecular formula is C13H24N2OS. The molecule has 1 N–H and O–H groups in total. The van der Waals surface area contributed by atoms with E-state index in [9.17, 15) is 4.79 Å². The molecule has 0 saturated carbocycles. The Morgan fingerprint density at radius 3 is 3.18 bits per heavy atom. The van der Waals surface area contributed by atoms with E-state index >= 15 is 0 Å². The number of nitrogens with zero attached hydrogens (tertiary/aromatic N) is 1. The van der Waals surface area contributed by atoms with Gasteiger partial charge in [0.05, 0.1) is 0 Å². The summed E-state index contributed by atoms with van der Waals surface area (Å²) in [7, 11) is 0. The molecule has 17 heavy (non-hydrogen) atoms. The summed E-state index contributed by atoms with van der Waals surface area (Å²) in [5.74, 6) is 3.48. The second kappa shape index (κ2) is 6.64. The van der Waals surface area contributed by atoms with Gasteiger partial charge in [-0.25, -0.2) is 0 Å². The number of rotatable bonds is 5. The number of piperidine rings is 2. The summed E-state index contributed by atoms with van der Waals surface area (Å²) in [6, 6.07) is 0.532. The van der Waals surface area contributed by atoms with E-state index in [-0.39, 0.29) is 0 Å². The summed E-state index contributed by atoms with van der Waals surface area (Å²) in [5.41, 5.74) is 0. The first-order valence-corrected chi connectivity index (χ1v) is 8.06. The average Bonchev–Trinajstić information content (AvgIpc) is 2.37. The molecule has 2 aliphatic rings. The molecule has 4 heteroatoms. The van der Waals surface area contributed by atoms with Gasteiger partial charge in [0.25, 0.3) is 0 Å². The Labute approximate surface area is 109 Å². The minimum absolute atomic E-state index is 0.398. The van der Waals surface area contributed by atoms with Crippen molar-refractivity contribution in [1.29, 1.82) is 0 Å². The highest BCUT2D eigenvalue weighted by Crippen LogP contribution is 2.28. The standard InChI is InChI=1S/C13H24N2OS/c1-2-17-9-3-8-15-12-6-7-14-10-11(12)4-5-13(15)16/h11-12,14H,2-10H2,1H3. The predicted octanol–water partition coefficient (Wildman–Crippen LogP) is 1.73. The van der Waals surface area contributed by atoms with Gasteiger partial charge >= 0.3 is 0 Å². The fourth-order valence-electron chi connectivity index (χ4n) is 3.02. The second-order valence-electron chi connectivity index (χ2n) is 5.00. The smallest absolute Gasteiger partial charge is 0.222 e. The number of thioether (sulfide) groups is 1. The third-order valence-corrected chi connectivity index (χ3v) is 4.89. The highest BCUT2D eigenvalue weighted by atomic mass is 32.2. The topological polar surface area (TPSA) is 32.3 Å². The molecule has 2 saturated heterocycles. The molecule has 2 rings (SSSR count). The summed E-state index contributed by atoms with van der Waals surface area (Å²) in [6.45, 7) is 5.36. The first-order valence-electron chi connectivity index (χ1n) is 6.91. The molecule has 98 valence electrons. The number of hydrogen-bond acceptors (Lipinski definition) is 3. The van der Waals surface area contributed by atoms with Crippen LogP contribution in [0.5, 0.6) is 0 Å². The van der Waals surface area contributed by atoms with Gasteiger partial charge in [0.1, 0.15) is 0 Å². The summed E-state index contributed by atoms with van der Waals surface area (Å²) in [4.78, 5) is 14.2. The highest BCUT2D eigenvalue weighted by molar-refractivity contribution is 7.99. The number of hydrogen-bond donors (Lipinski definition) is 1. The van der Waals surface area contributed by atoms with Crippen LogP contribution in [0.2, 0.25) is 0 Å². The molecular weight excluding hydrogens is 232 g/mol. The molecule has 0 aromatic carbocycles. The third kappa shape index (κ3) is 3.38. The molecule has 0 radical (unpaired) electrons. The number of fused-ring (bicyclic) bond motifs is 1. The molecule has 1 amide bonds. The van der Waals surface area contributed by atoms with E-state index in [0.29, 0.717) is 17.9 Å². The molecule has 0 bridgehead atoms. The third-order valence-electron chi connectivity index (χ3n) is 3.91. The molecule has 0 spiro atoms. The van der Waals surface area contributed by atoms with Gasteiger partial charge in [0.15, 0.2) is 0 Å². The van der Waals surface area contributed by atoms with Crippen LogP contribution < -0.4 is 5.32 Å². The Balaban J connectivity index is 1.85. The summed E-state index contributed by atoms with van der Waals surface area (Å²) >= 11 is 1.98. The first kappa shape index (κ1) is 13.2. The van der Waals surface area contributed by atoms with Crippen LogP contribution in [-0.2, 0) is 4.79 Å². The van der Waals surface area contributed by atoms with Gasteiger partial charge in [-0.3, -0.25) is 4.79 Å². The summed E-state index contributed by atoms with van der Waals surface area (Å²) < 4.78 is 0. The van der Waals surface area contributed by atoms with Gasteiger partial charge in [-0.2, -0.15) is 11.8 Å². The van der Waals surface area contributed by atoms with Crippen molar-refractivity contribution >= 4 is 17.7 Å². The zero-order valence-corrected chi connectivity index (χ0v) is 11.6. The molecule has 2 fully saturated rings. The molecule has 0 aliphatic carbocycles. The van der Waals surface area contributed by atoms with Crippen LogP contribution in [0.4, 0.5) is 0 Å². The van der Waals surface area contributed by atoms with E-state index in [2.05, 4.69) is 17.1 Å². The van der Waals surface area contributed by atoms with Crippen LogP contribution in [0, 0.1) is 5.92 Å². The van der Waals surface area contributed by atoms with Gasteiger partial charge in [0.2, 0.25) is 5.91 Å². The van der Waals surface area contributed by atoms with Gasteiger partial charge in [-0.1, -0.05) is 6.92 Å². The predicted molar refractivity (Wildman–Crippen MR) is 73.3 cm³/mol. The minimum Gasteiger partial charge on any atom is -0.339 e. The van der Waals surface area contributed by atoms with Crippen LogP contribution in [0.1, 0.15) is 32.6 Å². The van der Waals surface area contributed by atoms with Gasteiger partial charge in [-0.15, -0.1) is 0 Å². The average molecular weight is 256 g/mol. The van der Waals surface area contributed by atoms with Crippen molar-refractivity contribution in [2.45, 2.75) is 38.6 Å². The molecule has 0 aromatic heterocycles. The van der Waals surface area contributed by atoms with Crippen LogP contribution in [0.15, 0.2) is 0 Å². The number of likely N-dealkylation sites (tertiary alicyclic amines) is 1. The van der Waals surface area contributed by atoms with Gasteiger partial charge in [-0.05, 0) is 49.8 Å². The van der Waals surface area contributed by atoms with E-state index in [0.717, 1.165) is 45.3 Å². The van der Waals surface area contributed by atoms with Gasteiger partial charge in [0, 0.05) is 19.0 Å². The van der Waals surface area contributed by atoms with E-state index in [1.165, 1.54) is 11.5 Å². The largest absolute Gasteiger partial charge is 0.339 e. The summed E-state index contributed by atoms with van der Waals surface area (Å²) in [6.07, 6.45) is 4.17. The zero-order valence-electron chi connectivity index (χ0n) is 10.8. The summed E-state index contributed by atoms with van der Waals surface area (Å²) in [5, 5.41) is 3.45. The Morgan fingerprint density at radius 2 is 2.35 bits per heavy atom. The van der Waals surface area contributed by atoms with E-state index in [4.69, 9.17) is 0 Å². The van der Waals surface area contributed by atoms with E-state index < -0.39 is 0 Å². The van der Waals surface area contributed by atoms with Crippen LogP contribution in [-0.4, -0.2) is 48.0 Å². The highest BCUT2D eigenvalue weighted by Gasteiger charge is 2.36. The fourth-order valence-corrected chi connectivity index (χ4v) is 3.65. The Kier molecular flexibility index (Phi) is 5.16. The molecule has 2 atom stereocenters. The molecule has 2 aliphatic heterocycles. The number of nitrogens with one attached hydrogen (secondary N) is 1. The normalized spacial score (nSPS) is 29.2. The maximum atomic E-state index is 12.0. The Bertz CT molecular complexity index is 260. The number of carbonyl (C=O) groups is 1. The Morgan fingerprint density at radius 1 is 1.47 bits per heavy atom.